The number of methoxy groups -OCH3 is 1. The molecule has 0 radical (unpaired) electrons. The highest BCUT2D eigenvalue weighted by Crippen LogP contribution is 2.16. The summed E-state index contributed by atoms with van der Waals surface area (Å²) in [6, 6.07) is -0.0526. The zero-order chi connectivity index (χ0) is 14.4. The molecule has 19 heavy (non-hydrogen) atoms. The summed E-state index contributed by atoms with van der Waals surface area (Å²) >= 11 is 0. The minimum atomic E-state index is -0.258. The fourth-order valence-corrected chi connectivity index (χ4v) is 1.82. The van der Waals surface area contributed by atoms with Crippen molar-refractivity contribution in [1.29, 1.82) is 0 Å². The summed E-state index contributed by atoms with van der Waals surface area (Å²) in [6.45, 7) is 6.57. The van der Waals surface area contributed by atoms with Crippen LogP contribution >= 0.6 is 0 Å². The third-order valence-electron chi connectivity index (χ3n) is 3.07. The van der Waals surface area contributed by atoms with E-state index in [0.29, 0.717) is 12.3 Å². The first-order valence-corrected chi connectivity index (χ1v) is 6.63. The number of hydrogen-bond acceptors (Lipinski definition) is 4. The van der Waals surface area contributed by atoms with Crippen molar-refractivity contribution in [2.24, 2.45) is 5.92 Å². The van der Waals surface area contributed by atoms with Crippen molar-refractivity contribution >= 4 is 11.6 Å². The normalized spacial score (nSPS) is 12.7. The van der Waals surface area contributed by atoms with Crippen LogP contribution in [0.15, 0.2) is 0 Å². The number of anilines is 1. The average Bonchev–Trinajstić information content (AvgIpc) is 2.71. The molecule has 6 heteroatoms. The van der Waals surface area contributed by atoms with Crippen LogP contribution in [0.3, 0.4) is 0 Å². The maximum Gasteiger partial charge on any atom is 0.274 e. The van der Waals surface area contributed by atoms with Crippen LogP contribution in [-0.4, -0.2) is 35.9 Å². The molecule has 0 spiro atoms. The number of carbonyl (C=O) groups is 1. The van der Waals surface area contributed by atoms with Crippen LogP contribution in [0.25, 0.3) is 0 Å². The number of hydrogen-bond donors (Lipinski definition) is 3. The molecule has 0 aliphatic rings. The Kier molecular flexibility index (Phi) is 5.82. The fraction of sp³-hybridized carbons (Fsp3) is 0.692. The number of aromatic nitrogens is 2. The van der Waals surface area contributed by atoms with Crippen LogP contribution < -0.4 is 11.1 Å². The highest BCUT2D eigenvalue weighted by molar-refractivity contribution is 5.97. The number of nitrogens with two attached hydrogens (primary N) is 1. The fourth-order valence-electron chi connectivity index (χ4n) is 1.82. The number of rotatable bonds is 7. The Morgan fingerprint density at radius 1 is 1.53 bits per heavy atom. The van der Waals surface area contributed by atoms with E-state index >= 15 is 0 Å². The van der Waals surface area contributed by atoms with Crippen molar-refractivity contribution < 1.29 is 9.53 Å². The van der Waals surface area contributed by atoms with Gasteiger partial charge in [0.2, 0.25) is 0 Å². The van der Waals surface area contributed by atoms with E-state index in [-0.39, 0.29) is 23.6 Å². The van der Waals surface area contributed by atoms with Gasteiger partial charge in [-0.3, -0.25) is 9.89 Å². The Hall–Kier alpha value is -1.56. The maximum atomic E-state index is 12.1. The molecule has 0 bridgehead atoms. The number of nitrogens with one attached hydrogen (secondary N) is 2. The molecule has 1 aromatic rings. The molecule has 1 heterocycles. The molecule has 1 amide bonds. The van der Waals surface area contributed by atoms with Crippen molar-refractivity contribution in [3.05, 3.63) is 11.4 Å². The number of nitrogen functional groups attached to an aromatic ring is 1. The first-order valence-electron chi connectivity index (χ1n) is 6.63. The first kappa shape index (κ1) is 15.5. The molecule has 1 unspecified atom stereocenters. The number of ether oxygens (including phenoxy) is 1. The number of H-pyrrole nitrogens is 1. The molecule has 0 saturated heterocycles. The lowest BCUT2D eigenvalue weighted by Crippen LogP contribution is -2.42. The second-order valence-electron chi connectivity index (χ2n) is 4.99. The highest BCUT2D eigenvalue weighted by Gasteiger charge is 2.21. The first-order chi connectivity index (χ1) is 9.01. The highest BCUT2D eigenvalue weighted by atomic mass is 16.5. The number of carbonyl (C=O) groups excluding carboxylic acids is 1. The molecule has 0 aliphatic carbocycles. The summed E-state index contributed by atoms with van der Waals surface area (Å²) in [5.74, 6) is 0.0195. The van der Waals surface area contributed by atoms with Crippen LogP contribution in [0.4, 0.5) is 5.69 Å². The molecule has 4 N–H and O–H groups in total. The number of aromatic amines is 1. The standard InChI is InChI=1S/C13H24N4O2/c1-5-6-9-11(14)12(17-16-9)13(18)15-10(7-19-4)8(2)3/h8,10H,5-7,14H2,1-4H3,(H,15,18)(H,16,17). The van der Waals surface area contributed by atoms with Crippen molar-refractivity contribution in [3.8, 4) is 0 Å². The topological polar surface area (TPSA) is 93.0 Å². The van der Waals surface area contributed by atoms with Crippen LogP contribution in [0, 0.1) is 5.92 Å². The Morgan fingerprint density at radius 2 is 2.21 bits per heavy atom. The summed E-state index contributed by atoms with van der Waals surface area (Å²) in [6.07, 6.45) is 1.74. The molecule has 0 saturated carbocycles. The van der Waals surface area contributed by atoms with E-state index in [2.05, 4.69) is 15.5 Å². The molecule has 0 fully saturated rings. The molecule has 1 aromatic heterocycles. The lowest BCUT2D eigenvalue weighted by atomic mass is 10.1. The third kappa shape index (κ3) is 3.96. The van der Waals surface area contributed by atoms with E-state index in [1.165, 1.54) is 0 Å². The summed E-state index contributed by atoms with van der Waals surface area (Å²) < 4.78 is 5.10. The Balaban J connectivity index is 2.77. The third-order valence-corrected chi connectivity index (χ3v) is 3.07. The maximum absolute atomic E-state index is 12.1. The lowest BCUT2D eigenvalue weighted by molar-refractivity contribution is 0.0862. The molecule has 6 nitrogen and oxygen atoms in total. The van der Waals surface area contributed by atoms with Gasteiger partial charge in [0.15, 0.2) is 5.69 Å². The van der Waals surface area contributed by atoms with Gasteiger partial charge < -0.3 is 15.8 Å². The quantitative estimate of drug-likeness (QED) is 0.695. The zero-order valence-corrected chi connectivity index (χ0v) is 12.1. The Morgan fingerprint density at radius 3 is 2.74 bits per heavy atom. The van der Waals surface area contributed by atoms with Crippen molar-refractivity contribution in [2.75, 3.05) is 19.5 Å². The van der Waals surface area contributed by atoms with Crippen LogP contribution in [-0.2, 0) is 11.2 Å². The van der Waals surface area contributed by atoms with Gasteiger partial charge in [-0.25, -0.2) is 0 Å². The molecular formula is C13H24N4O2. The second-order valence-corrected chi connectivity index (χ2v) is 4.99. The number of nitrogens with zero attached hydrogens (tertiary/aromatic N) is 1. The van der Waals surface area contributed by atoms with E-state index in [0.717, 1.165) is 18.5 Å². The van der Waals surface area contributed by atoms with Crippen molar-refractivity contribution in [2.45, 2.75) is 39.7 Å². The molecule has 1 atom stereocenters. The lowest BCUT2D eigenvalue weighted by Gasteiger charge is -2.21. The molecule has 0 aliphatic heterocycles. The van der Waals surface area contributed by atoms with Gasteiger partial charge in [0.05, 0.1) is 24.0 Å². The van der Waals surface area contributed by atoms with E-state index in [1.807, 2.05) is 20.8 Å². The molecule has 108 valence electrons. The van der Waals surface area contributed by atoms with Gasteiger partial charge in [0.25, 0.3) is 5.91 Å². The zero-order valence-electron chi connectivity index (χ0n) is 12.1. The smallest absolute Gasteiger partial charge is 0.274 e. The van der Waals surface area contributed by atoms with Gasteiger partial charge in [0.1, 0.15) is 0 Å². The summed E-state index contributed by atoms with van der Waals surface area (Å²) in [5.41, 5.74) is 7.46. The van der Waals surface area contributed by atoms with Gasteiger partial charge >= 0.3 is 0 Å². The number of amides is 1. The van der Waals surface area contributed by atoms with E-state index in [1.54, 1.807) is 7.11 Å². The Labute approximate surface area is 114 Å². The van der Waals surface area contributed by atoms with Gasteiger partial charge in [-0.1, -0.05) is 27.2 Å². The van der Waals surface area contributed by atoms with Crippen LogP contribution in [0.2, 0.25) is 0 Å². The van der Waals surface area contributed by atoms with Gasteiger partial charge in [-0.15, -0.1) is 0 Å². The van der Waals surface area contributed by atoms with Gasteiger partial charge in [-0.05, 0) is 12.3 Å². The van der Waals surface area contributed by atoms with Gasteiger partial charge in [0, 0.05) is 7.11 Å². The predicted molar refractivity (Wildman–Crippen MR) is 75.0 cm³/mol. The summed E-state index contributed by atoms with van der Waals surface area (Å²) in [7, 11) is 1.61. The molecular weight excluding hydrogens is 244 g/mol. The predicted octanol–water partition coefficient (Wildman–Crippen LogP) is 1.35. The molecule has 0 aromatic carbocycles. The SMILES string of the molecule is CCCc1[nH]nc(C(=O)NC(COC)C(C)C)c1N. The van der Waals surface area contributed by atoms with Crippen molar-refractivity contribution in [1.82, 2.24) is 15.5 Å². The van der Waals surface area contributed by atoms with Crippen LogP contribution in [0.5, 0.6) is 0 Å². The minimum Gasteiger partial charge on any atom is -0.395 e. The number of aryl methyl sites for hydroxylation is 1. The van der Waals surface area contributed by atoms with Crippen molar-refractivity contribution in [3.63, 3.8) is 0 Å². The van der Waals surface area contributed by atoms with E-state index < -0.39 is 0 Å². The average molecular weight is 268 g/mol. The monoisotopic (exact) mass is 268 g/mol. The minimum absolute atomic E-state index is 0.0526. The molecule has 1 rings (SSSR count). The van der Waals surface area contributed by atoms with E-state index in [9.17, 15) is 4.79 Å². The van der Waals surface area contributed by atoms with E-state index in [4.69, 9.17) is 10.5 Å². The van der Waals surface area contributed by atoms with Crippen LogP contribution in [0.1, 0.15) is 43.4 Å². The summed E-state index contributed by atoms with van der Waals surface area (Å²) in [5, 5.41) is 9.73. The second kappa shape index (κ2) is 7.13. The summed E-state index contributed by atoms with van der Waals surface area (Å²) in [4.78, 5) is 12.1. The van der Waals surface area contributed by atoms with Gasteiger partial charge in [-0.2, -0.15) is 5.10 Å². The largest absolute Gasteiger partial charge is 0.395 e. The Bertz CT molecular complexity index is 415.